The van der Waals surface area contributed by atoms with Crippen LogP contribution < -0.4 is 15.0 Å². The van der Waals surface area contributed by atoms with Crippen LogP contribution in [0.2, 0.25) is 0 Å². The zero-order valence-corrected chi connectivity index (χ0v) is 28.3. The van der Waals surface area contributed by atoms with Crippen LogP contribution in [0.15, 0.2) is 115 Å². The van der Waals surface area contributed by atoms with Gasteiger partial charge in [0.25, 0.3) is 16.9 Å². The number of nitrogens with zero attached hydrogens (tertiary/aromatic N) is 6. The molecule has 6 aromatic rings. The van der Waals surface area contributed by atoms with Crippen molar-refractivity contribution >= 4 is 22.5 Å². The molecule has 3 heterocycles. The molecule has 0 saturated carbocycles. The molecular formula is C37H32N6O10. The molecular weight excluding hydrogens is 688 g/mol. The molecule has 1 aliphatic heterocycles. The third-order valence-corrected chi connectivity index (χ3v) is 9.26. The summed E-state index contributed by atoms with van der Waals surface area (Å²) in [5.74, 6) is 1.34. The Morgan fingerprint density at radius 2 is 1.47 bits per heavy atom. The van der Waals surface area contributed by atoms with Gasteiger partial charge in [-0.15, -0.1) is 0 Å². The first-order valence-electron chi connectivity index (χ1n) is 16.3. The number of hydrogen-bond acceptors (Lipinski definition) is 12. The summed E-state index contributed by atoms with van der Waals surface area (Å²) in [5, 5.41) is 34.3. The first-order valence-corrected chi connectivity index (χ1v) is 16.3. The number of ether oxygens (including phenoxy) is 4. The van der Waals surface area contributed by atoms with Gasteiger partial charge in [0.15, 0.2) is 11.2 Å². The minimum Gasteiger partial charge on any atom is -0.497 e. The van der Waals surface area contributed by atoms with Gasteiger partial charge in [0.1, 0.15) is 41.4 Å². The van der Waals surface area contributed by atoms with E-state index in [2.05, 4.69) is 9.97 Å². The lowest BCUT2D eigenvalue weighted by Crippen LogP contribution is -2.38. The van der Waals surface area contributed by atoms with Crippen molar-refractivity contribution in [2.75, 3.05) is 20.8 Å². The normalized spacial score (nSPS) is 17.2. The van der Waals surface area contributed by atoms with E-state index in [4.69, 9.17) is 18.9 Å². The molecule has 1 saturated heterocycles. The Labute approximate surface area is 300 Å². The molecule has 16 nitrogen and oxygen atoms in total. The third kappa shape index (κ3) is 6.35. The zero-order chi connectivity index (χ0) is 37.3. The second kappa shape index (κ2) is 14.3. The van der Waals surface area contributed by atoms with Gasteiger partial charge >= 0.3 is 0 Å². The standard InChI is InChI=1S/C37H32N6O10/c1-50-27-13-8-24(9-14-27)37(23-6-4-3-5-7-23,25-10-15-28(51-2)16-11-25)52-20-32-31(44)19-33(53-32)41-21-38-34-35(41)39-22-40(36(34)45)29-17-12-26(42(46)47)18-30(29)43(48)49/h3-18,21-22,31-33,44H,19-20H2,1-2H3/t31-,32+,33+/m0/s1. The maximum atomic E-state index is 13.5. The lowest BCUT2D eigenvalue weighted by atomic mass is 9.80. The van der Waals surface area contributed by atoms with Gasteiger partial charge in [-0.05, 0) is 47.0 Å². The number of methoxy groups -OCH3 is 2. The molecule has 3 atom stereocenters. The summed E-state index contributed by atoms with van der Waals surface area (Å²) in [6.45, 7) is -0.0543. The molecule has 16 heteroatoms. The van der Waals surface area contributed by atoms with Gasteiger partial charge in [-0.2, -0.15) is 0 Å². The highest BCUT2D eigenvalue weighted by molar-refractivity contribution is 5.70. The highest BCUT2D eigenvalue weighted by atomic mass is 16.6. The Balaban J connectivity index is 1.21. The second-order valence-corrected chi connectivity index (χ2v) is 12.2. The molecule has 270 valence electrons. The summed E-state index contributed by atoms with van der Waals surface area (Å²) in [5.41, 5.74) is -0.847. The van der Waals surface area contributed by atoms with Crippen LogP contribution in [0.1, 0.15) is 29.3 Å². The smallest absolute Gasteiger partial charge is 0.300 e. The first kappa shape index (κ1) is 34.9. The number of fused-ring (bicyclic) bond motifs is 1. The molecule has 1 aliphatic rings. The third-order valence-electron chi connectivity index (χ3n) is 9.26. The van der Waals surface area contributed by atoms with Crippen molar-refractivity contribution in [3.8, 4) is 17.2 Å². The largest absolute Gasteiger partial charge is 0.497 e. The van der Waals surface area contributed by atoms with Crippen molar-refractivity contribution in [1.82, 2.24) is 19.1 Å². The Morgan fingerprint density at radius 3 is 2.06 bits per heavy atom. The fraction of sp³-hybridized carbons (Fsp3) is 0.216. The van der Waals surface area contributed by atoms with E-state index < -0.39 is 50.8 Å². The van der Waals surface area contributed by atoms with Gasteiger partial charge in [-0.3, -0.25) is 34.2 Å². The van der Waals surface area contributed by atoms with Crippen molar-refractivity contribution in [3.05, 3.63) is 157 Å². The average Bonchev–Trinajstić information content (AvgIpc) is 3.79. The quantitative estimate of drug-likeness (QED) is 0.100. The average molecular weight is 721 g/mol. The molecule has 0 amide bonds. The number of nitro benzene ring substituents is 2. The fourth-order valence-electron chi connectivity index (χ4n) is 6.59. The number of rotatable bonds is 12. The summed E-state index contributed by atoms with van der Waals surface area (Å²) < 4.78 is 26.5. The van der Waals surface area contributed by atoms with Crippen LogP contribution >= 0.6 is 0 Å². The second-order valence-electron chi connectivity index (χ2n) is 12.2. The van der Waals surface area contributed by atoms with E-state index in [1.54, 1.807) is 14.2 Å². The highest BCUT2D eigenvalue weighted by Gasteiger charge is 2.42. The van der Waals surface area contributed by atoms with E-state index in [0.717, 1.165) is 45.8 Å². The van der Waals surface area contributed by atoms with Crippen LogP contribution in [0, 0.1) is 20.2 Å². The summed E-state index contributed by atoms with van der Waals surface area (Å²) in [6.07, 6.45) is -0.0614. The Bertz CT molecular complexity index is 2300. The zero-order valence-electron chi connectivity index (χ0n) is 28.3. The van der Waals surface area contributed by atoms with E-state index in [1.807, 2.05) is 78.9 Å². The summed E-state index contributed by atoms with van der Waals surface area (Å²) >= 11 is 0. The van der Waals surface area contributed by atoms with Crippen molar-refractivity contribution in [2.45, 2.75) is 30.5 Å². The number of nitro groups is 2. The number of imidazole rings is 1. The van der Waals surface area contributed by atoms with Crippen LogP contribution in [-0.4, -0.2) is 67.1 Å². The molecule has 4 aromatic carbocycles. The number of benzene rings is 4. The fourth-order valence-corrected chi connectivity index (χ4v) is 6.59. The van der Waals surface area contributed by atoms with Crippen LogP contribution in [0.4, 0.5) is 11.4 Å². The van der Waals surface area contributed by atoms with Gasteiger partial charge in [-0.1, -0.05) is 54.6 Å². The molecule has 0 aliphatic carbocycles. The van der Waals surface area contributed by atoms with Gasteiger partial charge in [0.05, 0.1) is 49.2 Å². The van der Waals surface area contributed by atoms with Crippen LogP contribution in [0.25, 0.3) is 16.9 Å². The number of aliphatic hydroxyl groups is 1. The molecule has 1 N–H and O–H groups in total. The van der Waals surface area contributed by atoms with Crippen molar-refractivity contribution in [1.29, 1.82) is 0 Å². The van der Waals surface area contributed by atoms with E-state index in [0.29, 0.717) is 11.5 Å². The lowest BCUT2D eigenvalue weighted by Gasteiger charge is -2.37. The molecule has 0 radical (unpaired) electrons. The molecule has 0 unspecified atom stereocenters. The minimum absolute atomic E-state index is 0.0543. The van der Waals surface area contributed by atoms with Crippen LogP contribution in [0.5, 0.6) is 11.5 Å². The molecule has 1 fully saturated rings. The van der Waals surface area contributed by atoms with E-state index >= 15 is 0 Å². The molecule has 0 spiro atoms. The van der Waals surface area contributed by atoms with Gasteiger partial charge in [-0.25, -0.2) is 9.97 Å². The summed E-state index contributed by atoms with van der Waals surface area (Å²) in [6, 6.07) is 27.7. The number of aromatic nitrogens is 4. The van der Waals surface area contributed by atoms with Gasteiger partial charge in [0, 0.05) is 12.5 Å². The predicted octanol–water partition coefficient (Wildman–Crippen LogP) is 5.07. The topological polar surface area (TPSA) is 196 Å². The lowest BCUT2D eigenvalue weighted by molar-refractivity contribution is -0.394. The Kier molecular flexibility index (Phi) is 9.40. The SMILES string of the molecule is COc1ccc(C(OC[C@H]2O[C@@H](n3cnc4c(=O)n(-c5ccc([N+](=O)[O-])cc5[N+](=O)[O-])cnc43)C[C@@H]2O)(c2ccccc2)c2ccc(OC)cc2)cc1. The minimum atomic E-state index is -1.16. The first-order chi connectivity index (χ1) is 25.6. The van der Waals surface area contributed by atoms with Crippen molar-refractivity contribution < 1.29 is 33.9 Å². The number of non-ortho nitro benzene ring substituents is 1. The van der Waals surface area contributed by atoms with Crippen LogP contribution in [-0.2, 0) is 15.1 Å². The predicted molar refractivity (Wildman–Crippen MR) is 189 cm³/mol. The monoisotopic (exact) mass is 720 g/mol. The van der Waals surface area contributed by atoms with Gasteiger partial charge < -0.3 is 24.1 Å². The number of aliphatic hydroxyl groups excluding tert-OH is 1. The highest BCUT2D eigenvalue weighted by Crippen LogP contribution is 2.43. The van der Waals surface area contributed by atoms with E-state index in [9.17, 15) is 30.1 Å². The molecule has 53 heavy (non-hydrogen) atoms. The van der Waals surface area contributed by atoms with E-state index in [-0.39, 0.29) is 29.9 Å². The van der Waals surface area contributed by atoms with Crippen LogP contribution in [0.3, 0.4) is 0 Å². The molecule has 0 bridgehead atoms. The summed E-state index contributed by atoms with van der Waals surface area (Å²) in [7, 11) is 3.18. The van der Waals surface area contributed by atoms with Crippen molar-refractivity contribution in [2.24, 2.45) is 0 Å². The van der Waals surface area contributed by atoms with E-state index in [1.165, 1.54) is 10.9 Å². The number of hydrogen-bond donors (Lipinski definition) is 1. The maximum absolute atomic E-state index is 13.5. The molecule has 2 aromatic heterocycles. The summed E-state index contributed by atoms with van der Waals surface area (Å²) in [4.78, 5) is 43.5. The Morgan fingerprint density at radius 1 is 0.849 bits per heavy atom. The Hall–Kier alpha value is -6.49. The van der Waals surface area contributed by atoms with Crippen molar-refractivity contribution in [3.63, 3.8) is 0 Å². The molecule has 7 rings (SSSR count). The maximum Gasteiger partial charge on any atom is 0.300 e. The van der Waals surface area contributed by atoms with Gasteiger partial charge in [0.2, 0.25) is 0 Å².